The highest BCUT2D eigenvalue weighted by Crippen LogP contribution is 2.24. The minimum Gasteiger partial charge on any atom is -0.437 e. The Bertz CT molecular complexity index is 569. The van der Waals surface area contributed by atoms with Gasteiger partial charge >= 0.3 is 0 Å². The highest BCUT2D eigenvalue weighted by Gasteiger charge is 2.06. The van der Waals surface area contributed by atoms with Crippen molar-refractivity contribution in [1.82, 2.24) is 9.97 Å². The zero-order valence-corrected chi connectivity index (χ0v) is 12.3. The second kappa shape index (κ2) is 6.89. The van der Waals surface area contributed by atoms with Crippen molar-refractivity contribution in [1.29, 1.82) is 0 Å². The van der Waals surface area contributed by atoms with Crippen molar-refractivity contribution in [2.75, 3.05) is 11.9 Å². The zero-order chi connectivity index (χ0) is 14.4. The molecule has 0 fully saturated rings. The van der Waals surface area contributed by atoms with Gasteiger partial charge in [0.2, 0.25) is 5.88 Å². The van der Waals surface area contributed by atoms with Gasteiger partial charge in [0, 0.05) is 18.3 Å². The molecule has 2 heterocycles. The van der Waals surface area contributed by atoms with E-state index < -0.39 is 0 Å². The standard InChI is InChI=1S/C16H21N3O/c1-4-11-17-15-7-6-8-16(19-15)20-14-10-9-12(3)18-13(14)5-2/h6-10H,4-5,11H2,1-3H3,(H,17,19). The molecule has 0 radical (unpaired) electrons. The first kappa shape index (κ1) is 14.3. The average Bonchev–Trinajstić information content (AvgIpc) is 2.47. The fourth-order valence-corrected chi connectivity index (χ4v) is 1.88. The molecule has 106 valence electrons. The first-order chi connectivity index (χ1) is 9.72. The number of pyridine rings is 2. The van der Waals surface area contributed by atoms with Gasteiger partial charge < -0.3 is 10.1 Å². The molecule has 0 atom stereocenters. The lowest BCUT2D eigenvalue weighted by atomic mass is 10.2. The van der Waals surface area contributed by atoms with Gasteiger partial charge in [-0.25, -0.2) is 0 Å². The van der Waals surface area contributed by atoms with Gasteiger partial charge in [-0.15, -0.1) is 0 Å². The maximum absolute atomic E-state index is 5.86. The Morgan fingerprint density at radius 1 is 1.10 bits per heavy atom. The number of nitrogens with one attached hydrogen (secondary N) is 1. The third-order valence-electron chi connectivity index (χ3n) is 2.90. The minimum absolute atomic E-state index is 0.589. The second-order valence-corrected chi connectivity index (χ2v) is 4.64. The number of anilines is 1. The van der Waals surface area contributed by atoms with Crippen molar-refractivity contribution in [3.05, 3.63) is 41.7 Å². The van der Waals surface area contributed by atoms with Crippen LogP contribution in [0.25, 0.3) is 0 Å². The number of aromatic nitrogens is 2. The number of hydrogen-bond donors (Lipinski definition) is 1. The van der Waals surface area contributed by atoms with Crippen LogP contribution in [0.3, 0.4) is 0 Å². The van der Waals surface area contributed by atoms with Crippen LogP contribution in [-0.2, 0) is 6.42 Å². The molecule has 0 aromatic carbocycles. The van der Waals surface area contributed by atoms with E-state index in [2.05, 4.69) is 29.1 Å². The summed E-state index contributed by atoms with van der Waals surface area (Å²) in [5.74, 6) is 2.20. The summed E-state index contributed by atoms with van der Waals surface area (Å²) in [5.41, 5.74) is 1.96. The molecule has 0 aliphatic heterocycles. The highest BCUT2D eigenvalue weighted by molar-refractivity contribution is 5.39. The number of aryl methyl sites for hydroxylation is 2. The number of nitrogens with zero attached hydrogens (tertiary/aromatic N) is 2. The first-order valence-corrected chi connectivity index (χ1v) is 7.08. The van der Waals surface area contributed by atoms with Gasteiger partial charge in [0.1, 0.15) is 5.82 Å². The van der Waals surface area contributed by atoms with E-state index in [0.717, 1.165) is 42.3 Å². The van der Waals surface area contributed by atoms with Crippen LogP contribution in [0.1, 0.15) is 31.7 Å². The van der Waals surface area contributed by atoms with Gasteiger partial charge in [-0.1, -0.05) is 19.9 Å². The minimum atomic E-state index is 0.589. The van der Waals surface area contributed by atoms with E-state index >= 15 is 0 Å². The van der Waals surface area contributed by atoms with Gasteiger partial charge in [-0.05, 0) is 38.0 Å². The van der Waals surface area contributed by atoms with E-state index in [4.69, 9.17) is 4.74 Å². The lowest BCUT2D eigenvalue weighted by Crippen LogP contribution is -2.02. The summed E-state index contributed by atoms with van der Waals surface area (Å²) in [5, 5.41) is 3.25. The molecule has 2 aromatic rings. The topological polar surface area (TPSA) is 47.0 Å². The third kappa shape index (κ3) is 3.70. The summed E-state index contributed by atoms with van der Waals surface area (Å²) in [6.07, 6.45) is 1.90. The maximum Gasteiger partial charge on any atom is 0.221 e. The normalized spacial score (nSPS) is 10.3. The van der Waals surface area contributed by atoms with Crippen LogP contribution in [0.5, 0.6) is 11.6 Å². The third-order valence-corrected chi connectivity index (χ3v) is 2.90. The van der Waals surface area contributed by atoms with Gasteiger partial charge in [0.25, 0.3) is 0 Å². The smallest absolute Gasteiger partial charge is 0.221 e. The summed E-state index contributed by atoms with van der Waals surface area (Å²) in [6, 6.07) is 9.64. The summed E-state index contributed by atoms with van der Waals surface area (Å²) >= 11 is 0. The number of rotatable bonds is 6. The Morgan fingerprint density at radius 3 is 2.70 bits per heavy atom. The molecule has 2 rings (SSSR count). The Kier molecular flexibility index (Phi) is 4.93. The van der Waals surface area contributed by atoms with Gasteiger partial charge in [0.05, 0.1) is 5.69 Å². The monoisotopic (exact) mass is 271 g/mol. The fraction of sp³-hybridized carbons (Fsp3) is 0.375. The first-order valence-electron chi connectivity index (χ1n) is 7.08. The number of ether oxygens (including phenoxy) is 1. The molecule has 0 amide bonds. The average molecular weight is 271 g/mol. The quantitative estimate of drug-likeness (QED) is 0.863. The van der Waals surface area contributed by atoms with Crippen LogP contribution in [0.4, 0.5) is 5.82 Å². The lowest BCUT2D eigenvalue weighted by Gasteiger charge is -2.10. The fourth-order valence-electron chi connectivity index (χ4n) is 1.88. The van der Waals surface area contributed by atoms with E-state index in [1.54, 1.807) is 0 Å². The molecule has 1 N–H and O–H groups in total. The molecule has 0 unspecified atom stereocenters. The predicted molar refractivity (Wildman–Crippen MR) is 81.4 cm³/mol. The van der Waals surface area contributed by atoms with E-state index in [1.807, 2.05) is 37.3 Å². The van der Waals surface area contributed by atoms with Crippen molar-refractivity contribution in [2.24, 2.45) is 0 Å². The molecular weight excluding hydrogens is 250 g/mol. The van der Waals surface area contributed by atoms with Crippen LogP contribution < -0.4 is 10.1 Å². The van der Waals surface area contributed by atoms with E-state index in [-0.39, 0.29) is 0 Å². The highest BCUT2D eigenvalue weighted by atomic mass is 16.5. The largest absolute Gasteiger partial charge is 0.437 e. The Labute approximate surface area is 120 Å². The van der Waals surface area contributed by atoms with Crippen LogP contribution >= 0.6 is 0 Å². The maximum atomic E-state index is 5.86. The molecule has 4 nitrogen and oxygen atoms in total. The summed E-state index contributed by atoms with van der Waals surface area (Å²) < 4.78 is 5.86. The van der Waals surface area contributed by atoms with Crippen molar-refractivity contribution >= 4 is 5.82 Å². The zero-order valence-electron chi connectivity index (χ0n) is 12.3. The molecule has 0 saturated carbocycles. The van der Waals surface area contributed by atoms with Gasteiger partial charge in [-0.2, -0.15) is 4.98 Å². The van der Waals surface area contributed by atoms with Crippen molar-refractivity contribution < 1.29 is 4.74 Å². The molecule has 0 spiro atoms. The lowest BCUT2D eigenvalue weighted by molar-refractivity contribution is 0.454. The molecule has 0 aliphatic rings. The second-order valence-electron chi connectivity index (χ2n) is 4.64. The SMILES string of the molecule is CCCNc1cccc(Oc2ccc(C)nc2CC)n1. The van der Waals surface area contributed by atoms with Gasteiger partial charge in [-0.3, -0.25) is 4.98 Å². The molecule has 0 aliphatic carbocycles. The Morgan fingerprint density at radius 2 is 1.95 bits per heavy atom. The van der Waals surface area contributed by atoms with Crippen molar-refractivity contribution in [3.63, 3.8) is 0 Å². The summed E-state index contributed by atoms with van der Waals surface area (Å²) in [7, 11) is 0. The molecular formula is C16H21N3O. The summed E-state index contributed by atoms with van der Waals surface area (Å²) in [4.78, 5) is 8.93. The molecule has 0 saturated heterocycles. The van der Waals surface area contributed by atoms with E-state index in [9.17, 15) is 0 Å². The Hall–Kier alpha value is -2.10. The van der Waals surface area contributed by atoms with Gasteiger partial charge in [0.15, 0.2) is 5.75 Å². The van der Waals surface area contributed by atoms with Crippen LogP contribution in [0.15, 0.2) is 30.3 Å². The molecule has 20 heavy (non-hydrogen) atoms. The van der Waals surface area contributed by atoms with Crippen LogP contribution in [0, 0.1) is 6.92 Å². The van der Waals surface area contributed by atoms with E-state index in [1.165, 1.54) is 0 Å². The van der Waals surface area contributed by atoms with Crippen LogP contribution in [-0.4, -0.2) is 16.5 Å². The Balaban J connectivity index is 2.17. The van der Waals surface area contributed by atoms with Crippen molar-refractivity contribution in [3.8, 4) is 11.6 Å². The summed E-state index contributed by atoms with van der Waals surface area (Å²) in [6.45, 7) is 7.08. The van der Waals surface area contributed by atoms with Crippen LogP contribution in [0.2, 0.25) is 0 Å². The predicted octanol–water partition coefficient (Wildman–Crippen LogP) is 3.96. The number of hydrogen-bond acceptors (Lipinski definition) is 4. The molecule has 0 bridgehead atoms. The van der Waals surface area contributed by atoms with Crippen molar-refractivity contribution in [2.45, 2.75) is 33.6 Å². The molecule has 2 aromatic heterocycles. The molecule has 4 heteroatoms. The van der Waals surface area contributed by atoms with E-state index in [0.29, 0.717) is 5.88 Å².